The fourth-order valence-corrected chi connectivity index (χ4v) is 3.06. The lowest BCUT2D eigenvalue weighted by Gasteiger charge is -2.32. The third-order valence-electron chi connectivity index (χ3n) is 2.61. The van der Waals surface area contributed by atoms with E-state index < -0.39 is 14.8 Å². The van der Waals surface area contributed by atoms with Gasteiger partial charge in [0.15, 0.2) is 0 Å². The van der Waals surface area contributed by atoms with Crippen molar-refractivity contribution in [2.75, 3.05) is 5.33 Å². The van der Waals surface area contributed by atoms with Crippen LogP contribution in [0.5, 0.6) is 0 Å². The first-order valence-corrected chi connectivity index (χ1v) is 7.78. The van der Waals surface area contributed by atoms with Crippen molar-refractivity contribution >= 4 is 26.0 Å². The number of hydrogen-bond donors (Lipinski definition) is 1. The molecule has 0 saturated carbocycles. The van der Waals surface area contributed by atoms with Gasteiger partial charge < -0.3 is 0 Å². The Labute approximate surface area is 102 Å². The van der Waals surface area contributed by atoms with Crippen molar-refractivity contribution in [1.82, 2.24) is 4.72 Å². The minimum Gasteiger partial charge on any atom is -0.212 e. The van der Waals surface area contributed by atoms with E-state index in [0.717, 1.165) is 18.2 Å². The van der Waals surface area contributed by atoms with Crippen LogP contribution in [0, 0.1) is 0 Å². The molecule has 0 aliphatic carbocycles. The van der Waals surface area contributed by atoms with E-state index in [1.54, 1.807) is 20.8 Å². The maximum Gasteiger partial charge on any atom is 0.217 e. The standard InChI is InChI=1S/C10H22BrNO2S/c1-6-10(5,7-8-11)12-15(13,14)9(2,3)4/h12H,6-8H2,1-5H3. The van der Waals surface area contributed by atoms with Crippen molar-refractivity contribution in [3.05, 3.63) is 0 Å². The SMILES string of the molecule is CCC(C)(CCBr)NS(=O)(=O)C(C)(C)C. The van der Waals surface area contributed by atoms with E-state index in [1.807, 2.05) is 13.8 Å². The molecule has 15 heavy (non-hydrogen) atoms. The largest absolute Gasteiger partial charge is 0.217 e. The van der Waals surface area contributed by atoms with Crippen molar-refractivity contribution < 1.29 is 8.42 Å². The predicted octanol–water partition coefficient (Wildman–Crippen LogP) is 2.66. The topological polar surface area (TPSA) is 46.2 Å². The van der Waals surface area contributed by atoms with Gasteiger partial charge in [0.2, 0.25) is 10.0 Å². The van der Waals surface area contributed by atoms with Gasteiger partial charge in [-0.1, -0.05) is 22.9 Å². The third kappa shape index (κ3) is 4.41. The van der Waals surface area contributed by atoms with Gasteiger partial charge in [-0.3, -0.25) is 0 Å². The van der Waals surface area contributed by atoms with Gasteiger partial charge in [-0.2, -0.15) is 0 Å². The molecule has 0 radical (unpaired) electrons. The molecule has 0 fully saturated rings. The van der Waals surface area contributed by atoms with Gasteiger partial charge in [0.05, 0.1) is 4.75 Å². The van der Waals surface area contributed by atoms with E-state index >= 15 is 0 Å². The molecule has 0 aliphatic rings. The molecule has 0 heterocycles. The van der Waals surface area contributed by atoms with E-state index in [1.165, 1.54) is 0 Å². The maximum absolute atomic E-state index is 12.0. The molecule has 0 aromatic rings. The first-order chi connectivity index (χ1) is 6.58. The van der Waals surface area contributed by atoms with Gasteiger partial charge in [-0.05, 0) is 40.5 Å². The van der Waals surface area contributed by atoms with Crippen molar-refractivity contribution in [2.24, 2.45) is 0 Å². The predicted molar refractivity (Wildman–Crippen MR) is 68.9 cm³/mol. The molecule has 0 rings (SSSR count). The van der Waals surface area contributed by atoms with Gasteiger partial charge in [-0.15, -0.1) is 0 Å². The zero-order valence-electron chi connectivity index (χ0n) is 10.2. The summed E-state index contributed by atoms with van der Waals surface area (Å²) >= 11 is 3.35. The Morgan fingerprint density at radius 1 is 1.20 bits per heavy atom. The van der Waals surface area contributed by atoms with Crippen LogP contribution in [0.4, 0.5) is 0 Å². The zero-order chi connectivity index (χ0) is 12.3. The summed E-state index contributed by atoms with van der Waals surface area (Å²) in [5.74, 6) is 0. The molecule has 1 atom stereocenters. The second kappa shape index (κ2) is 5.15. The minimum atomic E-state index is -3.26. The van der Waals surface area contributed by atoms with Gasteiger partial charge >= 0.3 is 0 Å². The van der Waals surface area contributed by atoms with Crippen LogP contribution in [0.25, 0.3) is 0 Å². The van der Waals surface area contributed by atoms with Gasteiger partial charge in [0, 0.05) is 10.9 Å². The quantitative estimate of drug-likeness (QED) is 0.793. The summed E-state index contributed by atoms with van der Waals surface area (Å²) in [6.45, 7) is 9.06. The van der Waals surface area contributed by atoms with Gasteiger partial charge in [0.1, 0.15) is 0 Å². The average molecular weight is 300 g/mol. The van der Waals surface area contributed by atoms with E-state index in [4.69, 9.17) is 0 Å². The Balaban J connectivity index is 4.85. The van der Waals surface area contributed by atoms with E-state index in [0.29, 0.717) is 0 Å². The van der Waals surface area contributed by atoms with Crippen LogP contribution >= 0.6 is 15.9 Å². The molecule has 0 aromatic heterocycles. The van der Waals surface area contributed by atoms with Gasteiger partial charge in [0.25, 0.3) is 0 Å². The normalized spacial score (nSPS) is 17.5. The summed E-state index contributed by atoms with van der Waals surface area (Å²) in [6, 6.07) is 0. The first-order valence-electron chi connectivity index (χ1n) is 5.17. The summed E-state index contributed by atoms with van der Waals surface area (Å²) in [5, 5.41) is 0.796. The molecule has 0 aliphatic heterocycles. The highest BCUT2D eigenvalue weighted by atomic mass is 79.9. The fourth-order valence-electron chi connectivity index (χ4n) is 0.986. The van der Waals surface area contributed by atoms with E-state index in [2.05, 4.69) is 20.7 Å². The van der Waals surface area contributed by atoms with Crippen LogP contribution in [0.3, 0.4) is 0 Å². The monoisotopic (exact) mass is 299 g/mol. The number of rotatable bonds is 5. The van der Waals surface area contributed by atoms with Crippen molar-refractivity contribution in [1.29, 1.82) is 0 Å². The molecule has 92 valence electrons. The highest BCUT2D eigenvalue weighted by Crippen LogP contribution is 2.22. The Bertz CT molecular complexity index is 295. The molecular formula is C10H22BrNO2S. The molecule has 0 aromatic carbocycles. The Morgan fingerprint density at radius 2 is 1.67 bits per heavy atom. The average Bonchev–Trinajstić information content (AvgIpc) is 2.01. The van der Waals surface area contributed by atoms with Crippen LogP contribution < -0.4 is 4.72 Å². The summed E-state index contributed by atoms with van der Waals surface area (Å²) in [6.07, 6.45) is 1.58. The van der Waals surface area contributed by atoms with Crippen LogP contribution in [-0.2, 0) is 10.0 Å². The van der Waals surface area contributed by atoms with E-state index in [-0.39, 0.29) is 5.54 Å². The van der Waals surface area contributed by atoms with Crippen molar-refractivity contribution in [2.45, 2.75) is 57.7 Å². The molecule has 3 nitrogen and oxygen atoms in total. The summed E-state index contributed by atoms with van der Waals surface area (Å²) in [5.41, 5.74) is -0.352. The molecule has 1 unspecified atom stereocenters. The maximum atomic E-state index is 12.0. The molecule has 0 amide bonds. The summed E-state index contributed by atoms with van der Waals surface area (Å²) in [4.78, 5) is 0. The van der Waals surface area contributed by atoms with Crippen LogP contribution in [0.15, 0.2) is 0 Å². The number of alkyl halides is 1. The Kier molecular flexibility index (Phi) is 5.28. The highest BCUT2D eigenvalue weighted by Gasteiger charge is 2.35. The summed E-state index contributed by atoms with van der Waals surface area (Å²) < 4.78 is 26.0. The van der Waals surface area contributed by atoms with Crippen molar-refractivity contribution in [3.63, 3.8) is 0 Å². The first kappa shape index (κ1) is 15.4. The molecular weight excluding hydrogens is 278 g/mol. The minimum absolute atomic E-state index is 0.352. The Morgan fingerprint density at radius 3 is 1.93 bits per heavy atom. The second-order valence-corrected chi connectivity index (χ2v) is 8.30. The molecule has 0 bridgehead atoms. The second-order valence-electron chi connectivity index (χ2n) is 5.07. The van der Waals surface area contributed by atoms with E-state index in [9.17, 15) is 8.42 Å². The smallest absolute Gasteiger partial charge is 0.212 e. The number of nitrogens with one attached hydrogen (secondary N) is 1. The fraction of sp³-hybridized carbons (Fsp3) is 1.00. The lowest BCUT2D eigenvalue weighted by atomic mass is 9.98. The van der Waals surface area contributed by atoms with Crippen LogP contribution in [0.2, 0.25) is 0 Å². The molecule has 5 heteroatoms. The third-order valence-corrected chi connectivity index (χ3v) is 5.38. The van der Waals surface area contributed by atoms with Crippen LogP contribution in [0.1, 0.15) is 47.5 Å². The van der Waals surface area contributed by atoms with Crippen molar-refractivity contribution in [3.8, 4) is 0 Å². The lowest BCUT2D eigenvalue weighted by Crippen LogP contribution is -2.51. The zero-order valence-corrected chi connectivity index (χ0v) is 12.6. The molecule has 1 N–H and O–H groups in total. The number of halogens is 1. The lowest BCUT2D eigenvalue weighted by molar-refractivity contribution is 0.386. The number of hydrogen-bond acceptors (Lipinski definition) is 2. The highest BCUT2D eigenvalue weighted by molar-refractivity contribution is 9.09. The Hall–Kier alpha value is 0.390. The van der Waals surface area contributed by atoms with Gasteiger partial charge in [-0.25, -0.2) is 13.1 Å². The number of sulfonamides is 1. The molecule has 0 spiro atoms. The molecule has 0 saturated heterocycles. The van der Waals surface area contributed by atoms with Crippen LogP contribution in [-0.4, -0.2) is 24.0 Å². The summed E-state index contributed by atoms with van der Waals surface area (Å²) in [7, 11) is -3.26.